The summed E-state index contributed by atoms with van der Waals surface area (Å²) in [6.45, 7) is 6.91. The van der Waals surface area contributed by atoms with E-state index in [0.29, 0.717) is 18.8 Å². The van der Waals surface area contributed by atoms with Crippen LogP contribution in [0.5, 0.6) is 11.5 Å². The lowest BCUT2D eigenvalue weighted by molar-refractivity contribution is 0.0332. The highest BCUT2D eigenvalue weighted by atomic mass is 16.7. The fourth-order valence-electron chi connectivity index (χ4n) is 3.00. The maximum absolute atomic E-state index is 6.15. The Morgan fingerprint density at radius 2 is 1.94 bits per heavy atom. The van der Waals surface area contributed by atoms with Crippen molar-refractivity contribution in [2.75, 3.05) is 6.79 Å². The minimum absolute atomic E-state index is 0.208. The van der Waals surface area contributed by atoms with Gasteiger partial charge in [0, 0.05) is 0 Å². The molecule has 3 heteroatoms. The molecule has 0 aliphatic carbocycles. The molecule has 1 saturated heterocycles. The molecule has 1 fully saturated rings. The van der Waals surface area contributed by atoms with Crippen molar-refractivity contribution in [3.05, 3.63) is 23.3 Å². The number of hydrogen-bond donors (Lipinski definition) is 0. The third-order valence-electron chi connectivity index (χ3n) is 4.07. The first-order valence-electron chi connectivity index (χ1n) is 6.74. The van der Waals surface area contributed by atoms with E-state index in [0.717, 1.165) is 24.3 Å². The number of ether oxygens (including phenoxy) is 3. The van der Waals surface area contributed by atoms with Gasteiger partial charge in [0.05, 0.1) is 12.2 Å². The summed E-state index contributed by atoms with van der Waals surface area (Å²) in [6.07, 6.45) is 2.78. The Morgan fingerprint density at radius 1 is 1.22 bits per heavy atom. The molecule has 18 heavy (non-hydrogen) atoms. The van der Waals surface area contributed by atoms with Crippen molar-refractivity contribution < 1.29 is 14.2 Å². The van der Waals surface area contributed by atoms with Crippen LogP contribution in [0.1, 0.15) is 43.9 Å². The highest BCUT2D eigenvalue weighted by Crippen LogP contribution is 2.43. The summed E-state index contributed by atoms with van der Waals surface area (Å²) < 4.78 is 17.0. The zero-order valence-electron chi connectivity index (χ0n) is 11.2. The minimum atomic E-state index is 0.208. The molecule has 0 radical (unpaired) electrons. The molecule has 0 N–H and O–H groups in total. The van der Waals surface area contributed by atoms with Crippen molar-refractivity contribution in [3.8, 4) is 11.5 Å². The van der Waals surface area contributed by atoms with Crippen molar-refractivity contribution in [1.82, 2.24) is 0 Å². The molecule has 0 bridgehead atoms. The standard InChI is InChI=1S/C15H20O3/c1-4-12-10(3)6-13(18-12)11-7-15-14(5-9(11)2)16-8-17-15/h5,7,10,12-13H,4,6,8H2,1-3H3/t10?,12-,13-/m1/s1. The second-order valence-corrected chi connectivity index (χ2v) is 5.35. The van der Waals surface area contributed by atoms with Gasteiger partial charge in [-0.05, 0) is 48.9 Å². The van der Waals surface area contributed by atoms with E-state index in [9.17, 15) is 0 Å². The lowest BCUT2D eigenvalue weighted by Crippen LogP contribution is -2.11. The summed E-state index contributed by atoms with van der Waals surface area (Å²) in [4.78, 5) is 0. The highest BCUT2D eigenvalue weighted by Gasteiger charge is 2.33. The van der Waals surface area contributed by atoms with Gasteiger partial charge in [-0.25, -0.2) is 0 Å². The molecule has 0 aromatic heterocycles. The van der Waals surface area contributed by atoms with Crippen LogP contribution in [0.25, 0.3) is 0 Å². The Balaban J connectivity index is 1.89. The van der Waals surface area contributed by atoms with Crippen LogP contribution in [-0.4, -0.2) is 12.9 Å². The molecule has 0 amide bonds. The Morgan fingerprint density at radius 3 is 2.61 bits per heavy atom. The molecule has 1 aromatic rings. The molecule has 3 atom stereocenters. The molecule has 3 rings (SSSR count). The van der Waals surface area contributed by atoms with Gasteiger partial charge in [-0.1, -0.05) is 13.8 Å². The van der Waals surface area contributed by atoms with Crippen LogP contribution < -0.4 is 9.47 Å². The first-order chi connectivity index (χ1) is 8.69. The van der Waals surface area contributed by atoms with E-state index in [2.05, 4.69) is 32.9 Å². The predicted molar refractivity (Wildman–Crippen MR) is 69.0 cm³/mol. The van der Waals surface area contributed by atoms with Gasteiger partial charge in [0.15, 0.2) is 11.5 Å². The molecule has 3 nitrogen and oxygen atoms in total. The highest BCUT2D eigenvalue weighted by molar-refractivity contribution is 5.49. The van der Waals surface area contributed by atoms with Crippen molar-refractivity contribution in [2.45, 2.75) is 45.8 Å². The van der Waals surface area contributed by atoms with Gasteiger partial charge in [-0.2, -0.15) is 0 Å². The smallest absolute Gasteiger partial charge is 0.231 e. The topological polar surface area (TPSA) is 27.7 Å². The molecular weight excluding hydrogens is 228 g/mol. The molecule has 1 aromatic carbocycles. The van der Waals surface area contributed by atoms with Crippen molar-refractivity contribution >= 4 is 0 Å². The summed E-state index contributed by atoms with van der Waals surface area (Å²) in [5, 5.41) is 0. The lowest BCUT2D eigenvalue weighted by Gasteiger charge is -2.16. The van der Waals surface area contributed by atoms with E-state index in [1.807, 2.05) is 0 Å². The second kappa shape index (κ2) is 4.47. The predicted octanol–water partition coefficient (Wildman–Crippen LogP) is 3.60. The average Bonchev–Trinajstić information content (AvgIpc) is 2.93. The van der Waals surface area contributed by atoms with E-state index in [1.165, 1.54) is 11.1 Å². The Labute approximate surface area is 108 Å². The average molecular weight is 248 g/mol. The number of fused-ring (bicyclic) bond motifs is 1. The van der Waals surface area contributed by atoms with Crippen LogP contribution in [0.15, 0.2) is 12.1 Å². The first kappa shape index (κ1) is 11.8. The van der Waals surface area contributed by atoms with Gasteiger partial charge in [0.25, 0.3) is 0 Å². The van der Waals surface area contributed by atoms with Crippen molar-refractivity contribution in [1.29, 1.82) is 0 Å². The fourth-order valence-corrected chi connectivity index (χ4v) is 3.00. The Bertz CT molecular complexity index is 455. The SMILES string of the molecule is CC[C@H]1O[C@@H](c2cc3c(cc2C)OCO3)CC1C. The molecular formula is C15H20O3. The largest absolute Gasteiger partial charge is 0.454 e. The summed E-state index contributed by atoms with van der Waals surface area (Å²) >= 11 is 0. The number of rotatable bonds is 2. The van der Waals surface area contributed by atoms with Gasteiger partial charge < -0.3 is 14.2 Å². The normalized spacial score (nSPS) is 29.8. The zero-order valence-corrected chi connectivity index (χ0v) is 11.2. The van der Waals surface area contributed by atoms with E-state index in [1.54, 1.807) is 0 Å². The molecule has 2 heterocycles. The number of benzene rings is 1. The number of hydrogen-bond acceptors (Lipinski definition) is 3. The Hall–Kier alpha value is -1.22. The second-order valence-electron chi connectivity index (χ2n) is 5.35. The number of aryl methyl sites for hydroxylation is 1. The van der Waals surface area contributed by atoms with Crippen LogP contribution in [-0.2, 0) is 4.74 Å². The maximum Gasteiger partial charge on any atom is 0.231 e. The van der Waals surface area contributed by atoms with Crippen LogP contribution in [0, 0.1) is 12.8 Å². The molecule has 0 spiro atoms. The molecule has 0 saturated carbocycles. The van der Waals surface area contributed by atoms with E-state index < -0.39 is 0 Å². The van der Waals surface area contributed by atoms with E-state index in [-0.39, 0.29) is 6.10 Å². The molecule has 2 aliphatic rings. The summed E-state index contributed by atoms with van der Waals surface area (Å²) in [5.41, 5.74) is 2.48. The van der Waals surface area contributed by atoms with Gasteiger partial charge in [-0.15, -0.1) is 0 Å². The van der Waals surface area contributed by atoms with Crippen molar-refractivity contribution in [3.63, 3.8) is 0 Å². The fraction of sp³-hybridized carbons (Fsp3) is 0.600. The molecule has 2 aliphatic heterocycles. The summed E-state index contributed by atoms with van der Waals surface area (Å²) in [7, 11) is 0. The third kappa shape index (κ3) is 1.87. The van der Waals surface area contributed by atoms with Gasteiger partial charge >= 0.3 is 0 Å². The van der Waals surface area contributed by atoms with Crippen LogP contribution >= 0.6 is 0 Å². The molecule has 1 unspecified atom stereocenters. The summed E-state index contributed by atoms with van der Waals surface area (Å²) in [5.74, 6) is 2.34. The minimum Gasteiger partial charge on any atom is -0.454 e. The summed E-state index contributed by atoms with van der Waals surface area (Å²) in [6, 6.07) is 4.15. The van der Waals surface area contributed by atoms with E-state index in [4.69, 9.17) is 14.2 Å². The van der Waals surface area contributed by atoms with Crippen molar-refractivity contribution in [2.24, 2.45) is 5.92 Å². The van der Waals surface area contributed by atoms with Crippen LogP contribution in [0.2, 0.25) is 0 Å². The monoisotopic (exact) mass is 248 g/mol. The van der Waals surface area contributed by atoms with E-state index >= 15 is 0 Å². The Kier molecular flexibility index (Phi) is 2.94. The third-order valence-corrected chi connectivity index (χ3v) is 4.07. The zero-order chi connectivity index (χ0) is 12.7. The van der Waals surface area contributed by atoms with Crippen LogP contribution in [0.4, 0.5) is 0 Å². The first-order valence-corrected chi connectivity index (χ1v) is 6.74. The van der Waals surface area contributed by atoms with Crippen LogP contribution in [0.3, 0.4) is 0 Å². The van der Waals surface area contributed by atoms with Gasteiger partial charge in [-0.3, -0.25) is 0 Å². The van der Waals surface area contributed by atoms with Gasteiger partial charge in [0.2, 0.25) is 6.79 Å². The molecule has 98 valence electrons. The van der Waals surface area contributed by atoms with Gasteiger partial charge in [0.1, 0.15) is 0 Å². The maximum atomic E-state index is 6.15. The lowest BCUT2D eigenvalue weighted by atomic mass is 9.95. The quantitative estimate of drug-likeness (QED) is 0.800.